The molecule has 5 nitrogen and oxygen atoms in total. The molecule has 0 saturated heterocycles. The van der Waals surface area contributed by atoms with E-state index in [4.69, 9.17) is 0 Å². The Balaban J connectivity index is 2.88. The van der Waals surface area contributed by atoms with Crippen LogP contribution in [0.3, 0.4) is 0 Å². The Morgan fingerprint density at radius 3 is 2.75 bits per heavy atom. The van der Waals surface area contributed by atoms with Gasteiger partial charge >= 0.3 is 0 Å². The zero-order valence-corrected chi connectivity index (χ0v) is 8.70. The first-order valence-electron chi connectivity index (χ1n) is 4.77. The van der Waals surface area contributed by atoms with Crippen molar-refractivity contribution < 1.29 is 14.1 Å². The summed E-state index contributed by atoms with van der Waals surface area (Å²) in [6, 6.07) is 2.96. The molecule has 0 bridgehead atoms. The highest BCUT2D eigenvalue weighted by Gasteiger charge is 2.11. The SMILES string of the molecule is CCCC(=O)Nc1cc(F)cc([N+](=O)[O-])c1. The summed E-state index contributed by atoms with van der Waals surface area (Å²) in [4.78, 5) is 20.9. The van der Waals surface area contributed by atoms with Crippen LogP contribution >= 0.6 is 0 Å². The van der Waals surface area contributed by atoms with Crippen molar-refractivity contribution >= 4 is 17.3 Å². The normalized spacial score (nSPS) is 9.88. The summed E-state index contributed by atoms with van der Waals surface area (Å²) in [6.45, 7) is 1.83. The Labute approximate surface area is 91.4 Å². The lowest BCUT2D eigenvalue weighted by molar-refractivity contribution is -0.385. The molecule has 1 aromatic rings. The van der Waals surface area contributed by atoms with Gasteiger partial charge in [-0.2, -0.15) is 0 Å². The van der Waals surface area contributed by atoms with E-state index in [0.717, 1.165) is 18.2 Å². The number of hydrogen-bond donors (Lipinski definition) is 1. The molecule has 86 valence electrons. The highest BCUT2D eigenvalue weighted by Crippen LogP contribution is 2.20. The van der Waals surface area contributed by atoms with Crippen molar-refractivity contribution in [2.75, 3.05) is 5.32 Å². The smallest absolute Gasteiger partial charge is 0.274 e. The predicted octanol–water partition coefficient (Wildman–Crippen LogP) is 2.47. The lowest BCUT2D eigenvalue weighted by atomic mass is 10.2. The van der Waals surface area contributed by atoms with Crippen LogP contribution in [0.5, 0.6) is 0 Å². The predicted molar refractivity (Wildman–Crippen MR) is 56.6 cm³/mol. The van der Waals surface area contributed by atoms with E-state index < -0.39 is 10.7 Å². The van der Waals surface area contributed by atoms with E-state index in [0.29, 0.717) is 12.8 Å². The number of amides is 1. The monoisotopic (exact) mass is 226 g/mol. The van der Waals surface area contributed by atoms with E-state index in [1.54, 1.807) is 0 Å². The van der Waals surface area contributed by atoms with Gasteiger partial charge < -0.3 is 5.32 Å². The van der Waals surface area contributed by atoms with E-state index in [9.17, 15) is 19.3 Å². The van der Waals surface area contributed by atoms with Crippen LogP contribution in [0.15, 0.2) is 18.2 Å². The van der Waals surface area contributed by atoms with Crippen LogP contribution < -0.4 is 5.32 Å². The molecule has 0 aliphatic carbocycles. The van der Waals surface area contributed by atoms with E-state index in [1.165, 1.54) is 0 Å². The second-order valence-corrected chi connectivity index (χ2v) is 3.25. The second kappa shape index (κ2) is 5.20. The van der Waals surface area contributed by atoms with Crippen molar-refractivity contribution in [1.29, 1.82) is 0 Å². The number of hydrogen-bond acceptors (Lipinski definition) is 3. The van der Waals surface area contributed by atoms with Crippen molar-refractivity contribution in [2.24, 2.45) is 0 Å². The van der Waals surface area contributed by atoms with Crippen molar-refractivity contribution in [2.45, 2.75) is 19.8 Å². The van der Waals surface area contributed by atoms with Crippen LogP contribution in [0, 0.1) is 15.9 Å². The van der Waals surface area contributed by atoms with Gasteiger partial charge in [0.25, 0.3) is 5.69 Å². The van der Waals surface area contributed by atoms with Gasteiger partial charge in [0.05, 0.1) is 16.7 Å². The lowest BCUT2D eigenvalue weighted by Crippen LogP contribution is -2.10. The van der Waals surface area contributed by atoms with Crippen LogP contribution in [0.1, 0.15) is 19.8 Å². The molecule has 0 radical (unpaired) electrons. The number of carbonyl (C=O) groups excluding carboxylic acids is 1. The molecule has 0 heterocycles. The van der Waals surface area contributed by atoms with Crippen LogP contribution in [-0.4, -0.2) is 10.8 Å². The van der Waals surface area contributed by atoms with Gasteiger partial charge in [-0.25, -0.2) is 4.39 Å². The van der Waals surface area contributed by atoms with Crippen LogP contribution in [-0.2, 0) is 4.79 Å². The van der Waals surface area contributed by atoms with Crippen LogP contribution in [0.2, 0.25) is 0 Å². The number of nitro groups is 1. The van der Waals surface area contributed by atoms with Crippen molar-refractivity contribution in [3.63, 3.8) is 0 Å². The molecule has 0 aromatic heterocycles. The van der Waals surface area contributed by atoms with Gasteiger partial charge in [0, 0.05) is 12.5 Å². The Bertz CT molecular complexity index is 421. The summed E-state index contributed by atoms with van der Waals surface area (Å²) in [5, 5.41) is 12.8. The summed E-state index contributed by atoms with van der Waals surface area (Å²) >= 11 is 0. The fourth-order valence-corrected chi connectivity index (χ4v) is 1.20. The van der Waals surface area contributed by atoms with Gasteiger partial charge in [-0.15, -0.1) is 0 Å². The van der Waals surface area contributed by atoms with Gasteiger partial charge in [0.2, 0.25) is 5.91 Å². The average molecular weight is 226 g/mol. The number of halogens is 1. The maximum atomic E-state index is 13.0. The molecule has 1 N–H and O–H groups in total. The maximum Gasteiger partial charge on any atom is 0.274 e. The van der Waals surface area contributed by atoms with Gasteiger partial charge in [0.1, 0.15) is 5.82 Å². The van der Waals surface area contributed by atoms with Crippen LogP contribution in [0.25, 0.3) is 0 Å². The second-order valence-electron chi connectivity index (χ2n) is 3.25. The molecular weight excluding hydrogens is 215 g/mol. The summed E-state index contributed by atoms with van der Waals surface area (Å²) in [5.74, 6) is -1.04. The maximum absolute atomic E-state index is 13.0. The third-order valence-corrected chi connectivity index (χ3v) is 1.85. The quantitative estimate of drug-likeness (QED) is 0.633. The number of carbonyl (C=O) groups is 1. The lowest BCUT2D eigenvalue weighted by Gasteiger charge is -2.04. The minimum Gasteiger partial charge on any atom is -0.326 e. The van der Waals surface area contributed by atoms with Crippen molar-refractivity contribution in [3.8, 4) is 0 Å². The molecule has 0 atom stereocenters. The highest BCUT2D eigenvalue weighted by molar-refractivity contribution is 5.90. The molecule has 1 aromatic carbocycles. The number of anilines is 1. The molecule has 0 spiro atoms. The van der Waals surface area contributed by atoms with E-state index in [2.05, 4.69) is 5.32 Å². The highest BCUT2D eigenvalue weighted by atomic mass is 19.1. The topological polar surface area (TPSA) is 72.2 Å². The Morgan fingerprint density at radius 1 is 1.50 bits per heavy atom. The minimum absolute atomic E-state index is 0.102. The molecule has 0 unspecified atom stereocenters. The minimum atomic E-state index is -0.749. The third-order valence-electron chi connectivity index (χ3n) is 1.85. The Morgan fingerprint density at radius 2 is 2.19 bits per heavy atom. The summed E-state index contributed by atoms with van der Waals surface area (Å²) < 4.78 is 13.0. The third kappa shape index (κ3) is 3.30. The summed E-state index contributed by atoms with van der Waals surface area (Å²) in [6.07, 6.45) is 0.952. The molecule has 0 fully saturated rings. The van der Waals surface area contributed by atoms with Gasteiger partial charge in [-0.3, -0.25) is 14.9 Å². The number of nitrogens with zero attached hydrogens (tertiary/aromatic N) is 1. The molecule has 6 heteroatoms. The molecule has 1 amide bonds. The molecule has 16 heavy (non-hydrogen) atoms. The van der Waals surface area contributed by atoms with Gasteiger partial charge in [-0.1, -0.05) is 6.92 Å². The number of rotatable bonds is 4. The van der Waals surface area contributed by atoms with E-state index in [1.807, 2.05) is 6.92 Å². The number of nitro benzene ring substituents is 1. The van der Waals surface area contributed by atoms with E-state index in [-0.39, 0.29) is 17.3 Å². The Hall–Kier alpha value is -1.98. The van der Waals surface area contributed by atoms with Gasteiger partial charge in [-0.05, 0) is 12.5 Å². The fraction of sp³-hybridized carbons (Fsp3) is 0.300. The standard InChI is InChI=1S/C10H11FN2O3/c1-2-3-10(14)12-8-4-7(11)5-9(6-8)13(15)16/h4-6H,2-3H2,1H3,(H,12,14). The van der Waals surface area contributed by atoms with Crippen molar-refractivity contribution in [3.05, 3.63) is 34.1 Å². The number of non-ortho nitro benzene ring substituents is 1. The van der Waals surface area contributed by atoms with E-state index >= 15 is 0 Å². The van der Waals surface area contributed by atoms with Crippen LogP contribution in [0.4, 0.5) is 15.8 Å². The zero-order valence-electron chi connectivity index (χ0n) is 8.70. The van der Waals surface area contributed by atoms with Crippen molar-refractivity contribution in [1.82, 2.24) is 0 Å². The first-order chi connectivity index (χ1) is 7.52. The molecule has 0 aliphatic rings. The number of benzene rings is 1. The Kier molecular flexibility index (Phi) is 3.93. The molecule has 1 rings (SSSR count). The summed E-state index contributed by atoms with van der Waals surface area (Å²) in [7, 11) is 0. The first kappa shape index (κ1) is 12.1. The average Bonchev–Trinajstić information content (AvgIpc) is 2.16. The largest absolute Gasteiger partial charge is 0.326 e. The molecular formula is C10H11FN2O3. The summed E-state index contributed by atoms with van der Waals surface area (Å²) in [5.41, 5.74) is -0.281. The first-order valence-corrected chi connectivity index (χ1v) is 4.77. The fourth-order valence-electron chi connectivity index (χ4n) is 1.20. The molecule has 0 aliphatic heterocycles. The zero-order chi connectivity index (χ0) is 12.1. The molecule has 0 saturated carbocycles. The number of nitrogens with one attached hydrogen (secondary N) is 1. The van der Waals surface area contributed by atoms with Gasteiger partial charge in [0.15, 0.2) is 0 Å².